The van der Waals surface area contributed by atoms with Crippen LogP contribution in [-0.4, -0.2) is 82.0 Å². The molecule has 7 nitrogen and oxygen atoms in total. The lowest BCUT2D eigenvalue weighted by Gasteiger charge is -2.34. The van der Waals surface area contributed by atoms with Crippen molar-refractivity contribution in [2.45, 2.75) is 6.92 Å². The van der Waals surface area contributed by atoms with Crippen LogP contribution in [0.25, 0.3) is 0 Å². The molecule has 21 heavy (non-hydrogen) atoms. The fourth-order valence-electron chi connectivity index (χ4n) is 2.12. The summed E-state index contributed by atoms with van der Waals surface area (Å²) >= 11 is 6.33. The second-order valence-corrected chi connectivity index (χ2v) is 6.21. The third-order valence-corrected chi connectivity index (χ3v) is 4.72. The van der Waals surface area contributed by atoms with Gasteiger partial charge in [0.05, 0.1) is 12.4 Å². The smallest absolute Gasteiger partial charge is 0.409 e. The largest absolute Gasteiger partial charge is 0.450 e. The number of piperazine rings is 1. The number of carbonyl (C=O) groups excluding carboxylic acids is 3. The molecule has 0 radical (unpaired) electrons. The Kier molecular flexibility index (Phi) is 5.40. The quantitative estimate of drug-likeness (QED) is 0.686. The zero-order valence-corrected chi connectivity index (χ0v) is 13.4. The Morgan fingerprint density at radius 1 is 1.24 bits per heavy atom. The van der Waals surface area contributed by atoms with Crippen molar-refractivity contribution < 1.29 is 19.1 Å². The molecule has 116 valence electrons. The number of ether oxygens (including phenoxy) is 1. The highest BCUT2D eigenvalue weighted by Crippen LogP contribution is 2.19. The average molecular weight is 331 g/mol. The molecule has 2 aliphatic heterocycles. The number of rotatable bonds is 3. The Bertz CT molecular complexity index is 447. The van der Waals surface area contributed by atoms with E-state index in [9.17, 15) is 14.4 Å². The summed E-state index contributed by atoms with van der Waals surface area (Å²) in [5.74, 6) is 0.0446. The minimum atomic E-state index is -0.350. The maximum Gasteiger partial charge on any atom is 0.409 e. The Morgan fingerprint density at radius 3 is 2.38 bits per heavy atom. The fraction of sp³-hybridized carbons (Fsp3) is 0.667. The SMILES string of the molecule is CCOC(=O)N1CCN(C(=O)CN2C(=O)CSC2=S)CC1. The van der Waals surface area contributed by atoms with E-state index in [1.165, 1.54) is 16.7 Å². The van der Waals surface area contributed by atoms with E-state index in [1.807, 2.05) is 0 Å². The highest BCUT2D eigenvalue weighted by atomic mass is 32.2. The maximum atomic E-state index is 12.2. The number of hydrogen-bond acceptors (Lipinski definition) is 6. The van der Waals surface area contributed by atoms with Gasteiger partial charge in [0.2, 0.25) is 11.8 Å². The first kappa shape index (κ1) is 16.0. The highest BCUT2D eigenvalue weighted by Gasteiger charge is 2.31. The number of amides is 3. The van der Waals surface area contributed by atoms with Crippen molar-refractivity contribution in [2.75, 3.05) is 45.1 Å². The molecule has 0 unspecified atom stereocenters. The number of thiocarbonyl (C=S) groups is 1. The molecule has 2 saturated heterocycles. The Morgan fingerprint density at radius 2 is 1.86 bits per heavy atom. The van der Waals surface area contributed by atoms with Gasteiger partial charge in [0, 0.05) is 26.2 Å². The van der Waals surface area contributed by atoms with Crippen LogP contribution in [0.4, 0.5) is 4.79 Å². The van der Waals surface area contributed by atoms with Gasteiger partial charge < -0.3 is 14.5 Å². The van der Waals surface area contributed by atoms with Gasteiger partial charge in [-0.15, -0.1) is 0 Å². The molecule has 0 N–H and O–H groups in total. The molecule has 9 heteroatoms. The lowest BCUT2D eigenvalue weighted by molar-refractivity contribution is -0.137. The van der Waals surface area contributed by atoms with Crippen LogP contribution in [0.1, 0.15) is 6.92 Å². The molecule has 0 saturated carbocycles. The van der Waals surface area contributed by atoms with E-state index in [1.54, 1.807) is 16.7 Å². The highest BCUT2D eigenvalue weighted by molar-refractivity contribution is 8.23. The summed E-state index contributed by atoms with van der Waals surface area (Å²) in [6.07, 6.45) is -0.350. The van der Waals surface area contributed by atoms with Crippen molar-refractivity contribution >= 4 is 46.2 Å². The van der Waals surface area contributed by atoms with E-state index in [4.69, 9.17) is 17.0 Å². The first-order chi connectivity index (χ1) is 10.0. The second kappa shape index (κ2) is 7.08. The Labute approximate surface area is 132 Å². The number of hydrogen-bond donors (Lipinski definition) is 0. The van der Waals surface area contributed by atoms with E-state index >= 15 is 0 Å². The van der Waals surface area contributed by atoms with Crippen LogP contribution >= 0.6 is 24.0 Å². The molecule has 0 aromatic heterocycles. The van der Waals surface area contributed by atoms with Gasteiger partial charge in [-0.25, -0.2) is 4.79 Å². The van der Waals surface area contributed by atoms with Gasteiger partial charge in [0.1, 0.15) is 10.9 Å². The van der Waals surface area contributed by atoms with Crippen molar-refractivity contribution in [2.24, 2.45) is 0 Å². The summed E-state index contributed by atoms with van der Waals surface area (Å²) in [5, 5.41) is 0. The molecule has 0 spiro atoms. The van der Waals surface area contributed by atoms with Crippen molar-refractivity contribution in [1.82, 2.24) is 14.7 Å². The molecule has 0 bridgehead atoms. The molecule has 2 aliphatic rings. The minimum Gasteiger partial charge on any atom is -0.450 e. The van der Waals surface area contributed by atoms with E-state index in [-0.39, 0.29) is 24.5 Å². The summed E-state index contributed by atoms with van der Waals surface area (Å²) < 4.78 is 5.38. The van der Waals surface area contributed by atoms with Crippen LogP contribution in [0.15, 0.2) is 0 Å². The molecule has 2 heterocycles. The van der Waals surface area contributed by atoms with Crippen LogP contribution in [0.2, 0.25) is 0 Å². The molecule has 0 aliphatic carbocycles. The predicted octanol–water partition coefficient (Wildman–Crippen LogP) is 0.147. The van der Waals surface area contributed by atoms with E-state index in [0.717, 1.165) is 0 Å². The molecule has 0 aromatic rings. The Balaban J connectivity index is 1.82. The molecule has 2 fully saturated rings. The third kappa shape index (κ3) is 3.85. The fourth-order valence-corrected chi connectivity index (χ4v) is 3.19. The Hall–Kier alpha value is -1.35. The van der Waals surface area contributed by atoms with Gasteiger partial charge in [0.15, 0.2) is 0 Å². The van der Waals surface area contributed by atoms with Gasteiger partial charge in [0.25, 0.3) is 0 Å². The van der Waals surface area contributed by atoms with Gasteiger partial charge in [-0.05, 0) is 6.92 Å². The standard InChI is InChI=1S/C12H17N3O4S2/c1-2-19-11(18)14-5-3-13(4-6-14)9(16)7-15-10(17)8-21-12(15)20/h2-8H2,1H3. The molecule has 0 aromatic carbocycles. The van der Waals surface area contributed by atoms with Crippen molar-refractivity contribution in [3.05, 3.63) is 0 Å². The summed E-state index contributed by atoms with van der Waals surface area (Å²) in [6.45, 7) is 3.86. The van der Waals surface area contributed by atoms with Crippen molar-refractivity contribution in [3.63, 3.8) is 0 Å². The van der Waals surface area contributed by atoms with Gasteiger partial charge in [-0.3, -0.25) is 14.5 Å². The first-order valence-electron chi connectivity index (χ1n) is 6.69. The summed E-state index contributed by atoms with van der Waals surface area (Å²) in [7, 11) is 0. The predicted molar refractivity (Wildman–Crippen MR) is 81.9 cm³/mol. The van der Waals surface area contributed by atoms with Gasteiger partial charge >= 0.3 is 6.09 Å². The summed E-state index contributed by atoms with van der Waals surface area (Å²) in [6, 6.07) is 0. The van der Waals surface area contributed by atoms with Crippen LogP contribution in [0, 0.1) is 0 Å². The zero-order valence-electron chi connectivity index (χ0n) is 11.7. The lowest BCUT2D eigenvalue weighted by atomic mass is 10.3. The van der Waals surface area contributed by atoms with Crippen LogP contribution < -0.4 is 0 Å². The molecule has 0 atom stereocenters. The average Bonchev–Trinajstić information content (AvgIpc) is 2.79. The summed E-state index contributed by atoms with van der Waals surface area (Å²) in [5.41, 5.74) is 0. The van der Waals surface area contributed by atoms with E-state index < -0.39 is 0 Å². The lowest BCUT2D eigenvalue weighted by Crippen LogP contribution is -2.53. The molecular formula is C12H17N3O4S2. The van der Waals surface area contributed by atoms with Gasteiger partial charge in [-0.2, -0.15) is 0 Å². The van der Waals surface area contributed by atoms with Crippen LogP contribution in [-0.2, 0) is 14.3 Å². The topological polar surface area (TPSA) is 70.2 Å². The van der Waals surface area contributed by atoms with Crippen LogP contribution in [0.5, 0.6) is 0 Å². The maximum absolute atomic E-state index is 12.2. The second-order valence-electron chi connectivity index (χ2n) is 4.60. The molecular weight excluding hydrogens is 314 g/mol. The zero-order chi connectivity index (χ0) is 15.4. The monoisotopic (exact) mass is 331 g/mol. The minimum absolute atomic E-state index is 0.00985. The normalized spacial score (nSPS) is 19.2. The third-order valence-electron chi connectivity index (χ3n) is 3.29. The number of nitrogens with zero attached hydrogens (tertiary/aromatic N) is 3. The summed E-state index contributed by atoms with van der Waals surface area (Å²) in [4.78, 5) is 39.9. The number of thioether (sulfide) groups is 1. The number of carbonyl (C=O) groups is 3. The van der Waals surface area contributed by atoms with E-state index in [2.05, 4.69) is 0 Å². The van der Waals surface area contributed by atoms with Crippen molar-refractivity contribution in [1.29, 1.82) is 0 Å². The van der Waals surface area contributed by atoms with Crippen molar-refractivity contribution in [3.8, 4) is 0 Å². The molecule has 3 amide bonds. The first-order valence-corrected chi connectivity index (χ1v) is 8.09. The molecule has 2 rings (SSSR count). The van der Waals surface area contributed by atoms with E-state index in [0.29, 0.717) is 42.9 Å². The van der Waals surface area contributed by atoms with Gasteiger partial charge in [-0.1, -0.05) is 24.0 Å². The van der Waals surface area contributed by atoms with Crippen LogP contribution in [0.3, 0.4) is 0 Å².